The van der Waals surface area contributed by atoms with Crippen molar-refractivity contribution in [3.8, 4) is 0 Å². The van der Waals surface area contributed by atoms with Crippen LogP contribution in [0.15, 0.2) is 0 Å². The Morgan fingerprint density at radius 2 is 1.88 bits per heavy atom. The highest BCUT2D eigenvalue weighted by atomic mass is 15.2. The fraction of sp³-hybridized carbons (Fsp3) is 1.00. The summed E-state index contributed by atoms with van der Waals surface area (Å²) in [5.74, 6) is 1.75. The smallest absolute Gasteiger partial charge is 0.0221 e. The van der Waals surface area contributed by atoms with Gasteiger partial charge in [0.15, 0.2) is 0 Å². The summed E-state index contributed by atoms with van der Waals surface area (Å²) in [6, 6.07) is 1.52. The number of nitrogens with two attached hydrogens (primary N) is 1. The lowest BCUT2D eigenvalue weighted by Crippen LogP contribution is -2.48. The van der Waals surface area contributed by atoms with Crippen LogP contribution < -0.4 is 5.73 Å². The van der Waals surface area contributed by atoms with Gasteiger partial charge in [-0.3, -0.25) is 4.90 Å². The van der Waals surface area contributed by atoms with Crippen LogP contribution in [0, 0.1) is 11.8 Å². The summed E-state index contributed by atoms with van der Waals surface area (Å²) < 4.78 is 0. The van der Waals surface area contributed by atoms with Crippen LogP contribution >= 0.6 is 0 Å². The van der Waals surface area contributed by atoms with Gasteiger partial charge in [-0.05, 0) is 44.1 Å². The second-order valence-corrected chi connectivity index (χ2v) is 6.03. The van der Waals surface area contributed by atoms with Crippen molar-refractivity contribution in [1.29, 1.82) is 0 Å². The Kier molecular flexibility index (Phi) is 4.26. The number of likely N-dealkylation sites (tertiary alicyclic amines) is 1. The highest BCUT2D eigenvalue weighted by Crippen LogP contribution is 2.36. The minimum absolute atomic E-state index is 0.685. The van der Waals surface area contributed by atoms with Gasteiger partial charge < -0.3 is 5.73 Å². The molecule has 1 aliphatic heterocycles. The maximum atomic E-state index is 5.91. The molecule has 1 saturated carbocycles. The highest BCUT2D eigenvalue weighted by molar-refractivity contribution is 4.91. The van der Waals surface area contributed by atoms with Crippen molar-refractivity contribution in [2.45, 2.75) is 64.5 Å². The molecule has 2 rings (SSSR count). The van der Waals surface area contributed by atoms with Gasteiger partial charge in [0.05, 0.1) is 0 Å². The zero-order valence-electron chi connectivity index (χ0n) is 11.0. The monoisotopic (exact) mass is 224 g/mol. The van der Waals surface area contributed by atoms with Crippen LogP contribution in [0.3, 0.4) is 0 Å². The van der Waals surface area contributed by atoms with E-state index in [1.165, 1.54) is 45.1 Å². The molecule has 3 atom stereocenters. The molecular weight excluding hydrogens is 196 g/mol. The first-order valence-corrected chi connectivity index (χ1v) is 7.20. The fourth-order valence-corrected chi connectivity index (χ4v) is 3.88. The van der Waals surface area contributed by atoms with E-state index in [-0.39, 0.29) is 0 Å². The Labute approximate surface area is 101 Å². The van der Waals surface area contributed by atoms with E-state index in [2.05, 4.69) is 18.7 Å². The van der Waals surface area contributed by atoms with Crippen LogP contribution in [0.25, 0.3) is 0 Å². The first kappa shape index (κ1) is 12.4. The summed E-state index contributed by atoms with van der Waals surface area (Å²) in [5.41, 5.74) is 5.91. The predicted octanol–water partition coefficient (Wildman–Crippen LogP) is 2.62. The van der Waals surface area contributed by atoms with E-state index in [1.54, 1.807) is 0 Å². The minimum atomic E-state index is 0.685. The average molecular weight is 224 g/mol. The molecule has 0 aromatic carbocycles. The van der Waals surface area contributed by atoms with Crippen molar-refractivity contribution in [3.63, 3.8) is 0 Å². The summed E-state index contributed by atoms with van der Waals surface area (Å²) >= 11 is 0. The Morgan fingerprint density at radius 1 is 1.12 bits per heavy atom. The number of hydrogen-bond donors (Lipinski definition) is 1. The number of nitrogens with zero attached hydrogens (tertiary/aromatic N) is 1. The maximum absolute atomic E-state index is 5.91. The molecule has 2 fully saturated rings. The molecular formula is C14H28N2. The lowest BCUT2D eigenvalue weighted by atomic mass is 9.77. The molecule has 1 saturated heterocycles. The van der Waals surface area contributed by atoms with Gasteiger partial charge in [0.2, 0.25) is 0 Å². The molecule has 2 aliphatic rings. The summed E-state index contributed by atoms with van der Waals surface area (Å²) in [6.07, 6.45) is 8.43. The molecule has 1 aliphatic carbocycles. The van der Waals surface area contributed by atoms with Gasteiger partial charge in [0, 0.05) is 18.6 Å². The van der Waals surface area contributed by atoms with E-state index in [0.717, 1.165) is 24.4 Å². The lowest BCUT2D eigenvalue weighted by Gasteiger charge is -2.42. The third-order valence-electron chi connectivity index (χ3n) is 4.76. The summed E-state index contributed by atoms with van der Waals surface area (Å²) in [6.45, 7) is 6.96. The van der Waals surface area contributed by atoms with Crippen LogP contribution in [-0.4, -0.2) is 30.1 Å². The van der Waals surface area contributed by atoms with Crippen molar-refractivity contribution < 1.29 is 0 Å². The highest BCUT2D eigenvalue weighted by Gasteiger charge is 2.36. The van der Waals surface area contributed by atoms with Crippen LogP contribution in [0.1, 0.15) is 52.4 Å². The summed E-state index contributed by atoms with van der Waals surface area (Å²) in [7, 11) is 0. The molecule has 94 valence electrons. The normalized spacial score (nSPS) is 37.1. The van der Waals surface area contributed by atoms with Gasteiger partial charge in [-0.15, -0.1) is 0 Å². The van der Waals surface area contributed by atoms with Crippen molar-refractivity contribution >= 4 is 0 Å². The van der Waals surface area contributed by atoms with Crippen LogP contribution in [0.2, 0.25) is 0 Å². The zero-order chi connectivity index (χ0) is 11.5. The molecule has 2 heteroatoms. The molecule has 1 heterocycles. The maximum Gasteiger partial charge on any atom is 0.0221 e. The Bertz CT molecular complexity index is 215. The van der Waals surface area contributed by atoms with Crippen molar-refractivity contribution in [2.24, 2.45) is 17.6 Å². The molecule has 0 bridgehead atoms. The van der Waals surface area contributed by atoms with Gasteiger partial charge in [0.1, 0.15) is 0 Å². The molecule has 16 heavy (non-hydrogen) atoms. The third-order valence-corrected chi connectivity index (χ3v) is 4.76. The number of rotatable bonds is 3. The van der Waals surface area contributed by atoms with E-state index in [0.29, 0.717) is 6.04 Å². The van der Waals surface area contributed by atoms with E-state index >= 15 is 0 Å². The molecule has 0 aromatic rings. The molecule has 2 N–H and O–H groups in total. The first-order chi connectivity index (χ1) is 7.74. The molecule has 0 aromatic heterocycles. The van der Waals surface area contributed by atoms with Gasteiger partial charge in [-0.1, -0.05) is 26.7 Å². The van der Waals surface area contributed by atoms with Crippen LogP contribution in [-0.2, 0) is 0 Å². The predicted molar refractivity (Wildman–Crippen MR) is 69.4 cm³/mol. The molecule has 3 unspecified atom stereocenters. The van der Waals surface area contributed by atoms with E-state index in [9.17, 15) is 0 Å². The standard InChI is InChI=1S/C14H28N2/c1-11(2)13-7-3-4-8-14(13)16-9-5-6-12(16)10-15/h11-14H,3-10,15H2,1-2H3. The van der Waals surface area contributed by atoms with Crippen LogP contribution in [0.5, 0.6) is 0 Å². The first-order valence-electron chi connectivity index (χ1n) is 7.20. The van der Waals surface area contributed by atoms with Crippen molar-refractivity contribution in [2.75, 3.05) is 13.1 Å². The Hall–Kier alpha value is -0.0800. The van der Waals surface area contributed by atoms with Gasteiger partial charge in [0.25, 0.3) is 0 Å². The minimum Gasteiger partial charge on any atom is -0.329 e. The second kappa shape index (κ2) is 5.50. The quantitative estimate of drug-likeness (QED) is 0.798. The van der Waals surface area contributed by atoms with Gasteiger partial charge >= 0.3 is 0 Å². The lowest BCUT2D eigenvalue weighted by molar-refractivity contribution is 0.0710. The Morgan fingerprint density at radius 3 is 2.56 bits per heavy atom. The largest absolute Gasteiger partial charge is 0.329 e. The molecule has 0 spiro atoms. The van der Waals surface area contributed by atoms with E-state index in [1.807, 2.05) is 0 Å². The molecule has 2 nitrogen and oxygen atoms in total. The molecule has 0 amide bonds. The summed E-state index contributed by atoms with van der Waals surface area (Å²) in [5, 5.41) is 0. The van der Waals surface area contributed by atoms with Crippen molar-refractivity contribution in [1.82, 2.24) is 4.90 Å². The van der Waals surface area contributed by atoms with Gasteiger partial charge in [-0.2, -0.15) is 0 Å². The molecule has 0 radical (unpaired) electrons. The SMILES string of the molecule is CC(C)C1CCCCC1N1CCCC1CN. The summed E-state index contributed by atoms with van der Waals surface area (Å²) in [4.78, 5) is 2.75. The van der Waals surface area contributed by atoms with Crippen LogP contribution in [0.4, 0.5) is 0 Å². The third kappa shape index (κ3) is 2.43. The second-order valence-electron chi connectivity index (χ2n) is 6.03. The topological polar surface area (TPSA) is 29.3 Å². The van der Waals surface area contributed by atoms with E-state index < -0.39 is 0 Å². The van der Waals surface area contributed by atoms with E-state index in [4.69, 9.17) is 5.73 Å². The van der Waals surface area contributed by atoms with Gasteiger partial charge in [-0.25, -0.2) is 0 Å². The average Bonchev–Trinajstić information content (AvgIpc) is 2.76. The number of hydrogen-bond acceptors (Lipinski definition) is 2. The zero-order valence-corrected chi connectivity index (χ0v) is 11.0. The fourth-order valence-electron chi connectivity index (χ4n) is 3.88. The van der Waals surface area contributed by atoms with Crippen molar-refractivity contribution in [3.05, 3.63) is 0 Å². The Balaban J connectivity index is 2.04.